The van der Waals surface area contributed by atoms with E-state index in [1.807, 2.05) is 27.7 Å². The number of Topliss-reactive ketones (excluding diaryl/α,β-unsaturated/α-hetero) is 1. The molecule has 0 radical (unpaired) electrons. The van der Waals surface area contributed by atoms with Crippen LogP contribution in [0.4, 0.5) is 0 Å². The molecule has 0 bridgehead atoms. The molecule has 0 aromatic heterocycles. The number of carbonyl (C=O) groups is 1. The zero-order valence-electron chi connectivity index (χ0n) is 12.7. The Labute approximate surface area is 121 Å². The van der Waals surface area contributed by atoms with Crippen LogP contribution < -0.4 is 0 Å². The summed E-state index contributed by atoms with van der Waals surface area (Å²) in [6, 6.07) is 3.45. The molecule has 0 saturated heterocycles. The molecule has 0 aliphatic rings. The monoisotopic (exact) mass is 270 g/mol. The standard InChI is InChI=1S/C18H22O2/c1-6-8-10-16(19)14-11-13(9-7-2)17(20)15(12-14)18(3,4)5/h7,11-12,20H,2,6,9H2,1,3-5H3. The van der Waals surface area contributed by atoms with E-state index < -0.39 is 0 Å². The van der Waals surface area contributed by atoms with Crippen molar-refractivity contribution in [3.05, 3.63) is 41.5 Å². The molecule has 0 unspecified atom stereocenters. The summed E-state index contributed by atoms with van der Waals surface area (Å²) in [6.07, 6.45) is 2.89. The van der Waals surface area contributed by atoms with Gasteiger partial charge in [0.05, 0.1) is 0 Å². The summed E-state index contributed by atoms with van der Waals surface area (Å²) in [4.78, 5) is 12.1. The SMILES string of the molecule is C=CCc1cc(C(=O)C#CCC)cc(C(C)(C)C)c1O. The molecule has 1 aromatic carbocycles. The van der Waals surface area contributed by atoms with E-state index in [1.54, 1.807) is 18.2 Å². The summed E-state index contributed by atoms with van der Waals surface area (Å²) in [5.74, 6) is 5.45. The molecule has 0 aliphatic carbocycles. The zero-order chi connectivity index (χ0) is 15.3. The lowest BCUT2D eigenvalue weighted by molar-refractivity contribution is 0.105. The molecular weight excluding hydrogens is 248 g/mol. The molecule has 20 heavy (non-hydrogen) atoms. The predicted octanol–water partition coefficient (Wildman–Crippen LogP) is 4.01. The van der Waals surface area contributed by atoms with Crippen molar-refractivity contribution < 1.29 is 9.90 Å². The van der Waals surface area contributed by atoms with Gasteiger partial charge in [-0.3, -0.25) is 4.79 Å². The second-order valence-electron chi connectivity index (χ2n) is 5.76. The lowest BCUT2D eigenvalue weighted by Crippen LogP contribution is -2.14. The average Bonchev–Trinajstić information content (AvgIpc) is 2.37. The first-order chi connectivity index (χ1) is 9.31. The van der Waals surface area contributed by atoms with E-state index in [9.17, 15) is 9.90 Å². The van der Waals surface area contributed by atoms with E-state index in [-0.39, 0.29) is 16.9 Å². The first-order valence-electron chi connectivity index (χ1n) is 6.81. The highest BCUT2D eigenvalue weighted by atomic mass is 16.3. The largest absolute Gasteiger partial charge is 0.507 e. The molecule has 1 rings (SSSR count). The van der Waals surface area contributed by atoms with Gasteiger partial charge in [0.15, 0.2) is 0 Å². The number of allylic oxidation sites excluding steroid dienone is 1. The van der Waals surface area contributed by atoms with Gasteiger partial charge in [-0.15, -0.1) is 6.58 Å². The number of ketones is 1. The van der Waals surface area contributed by atoms with Crippen molar-refractivity contribution in [2.75, 3.05) is 0 Å². The van der Waals surface area contributed by atoms with E-state index in [4.69, 9.17) is 0 Å². The molecule has 0 heterocycles. The summed E-state index contributed by atoms with van der Waals surface area (Å²) >= 11 is 0. The van der Waals surface area contributed by atoms with E-state index in [0.29, 0.717) is 24.0 Å². The zero-order valence-corrected chi connectivity index (χ0v) is 12.7. The Morgan fingerprint density at radius 2 is 2.05 bits per heavy atom. The van der Waals surface area contributed by atoms with Gasteiger partial charge in [-0.1, -0.05) is 39.7 Å². The highest BCUT2D eigenvalue weighted by Gasteiger charge is 2.22. The molecule has 0 spiro atoms. The highest BCUT2D eigenvalue weighted by Crippen LogP contribution is 2.34. The van der Waals surface area contributed by atoms with E-state index in [0.717, 1.165) is 5.56 Å². The number of carbonyl (C=O) groups excluding carboxylic acids is 1. The Kier molecular flexibility index (Phi) is 5.16. The third-order valence-electron chi connectivity index (χ3n) is 3.00. The minimum absolute atomic E-state index is 0.206. The molecule has 1 N–H and O–H groups in total. The topological polar surface area (TPSA) is 37.3 Å². The van der Waals surface area contributed by atoms with Crippen LogP contribution in [0.5, 0.6) is 5.75 Å². The maximum Gasteiger partial charge on any atom is 0.235 e. The quantitative estimate of drug-likeness (QED) is 0.390. The minimum atomic E-state index is -0.242. The van der Waals surface area contributed by atoms with E-state index in [2.05, 4.69) is 18.4 Å². The fourth-order valence-electron chi connectivity index (χ4n) is 1.95. The number of hydrogen-bond acceptors (Lipinski definition) is 2. The highest BCUT2D eigenvalue weighted by molar-refractivity contribution is 6.09. The summed E-state index contributed by atoms with van der Waals surface area (Å²) in [5.41, 5.74) is 1.77. The predicted molar refractivity (Wildman–Crippen MR) is 83.1 cm³/mol. The Morgan fingerprint density at radius 3 is 2.55 bits per heavy atom. The third kappa shape index (κ3) is 3.74. The van der Waals surface area contributed by atoms with Crippen molar-refractivity contribution in [1.82, 2.24) is 0 Å². The second-order valence-corrected chi connectivity index (χ2v) is 5.76. The van der Waals surface area contributed by atoms with Gasteiger partial charge in [-0.2, -0.15) is 0 Å². The van der Waals surface area contributed by atoms with Crippen LogP contribution in [0.2, 0.25) is 0 Å². The van der Waals surface area contributed by atoms with E-state index in [1.165, 1.54) is 0 Å². The van der Waals surface area contributed by atoms with Crippen LogP contribution in [0.1, 0.15) is 55.6 Å². The van der Waals surface area contributed by atoms with Gasteiger partial charge in [-0.05, 0) is 35.5 Å². The molecule has 1 aromatic rings. The van der Waals surface area contributed by atoms with Crippen LogP contribution in [0.3, 0.4) is 0 Å². The van der Waals surface area contributed by atoms with Crippen LogP contribution in [0, 0.1) is 11.8 Å². The van der Waals surface area contributed by atoms with Crippen LogP contribution in [-0.4, -0.2) is 10.9 Å². The number of phenols is 1. The van der Waals surface area contributed by atoms with Gasteiger partial charge in [0.25, 0.3) is 0 Å². The molecule has 0 amide bonds. The van der Waals surface area contributed by atoms with Gasteiger partial charge < -0.3 is 5.11 Å². The van der Waals surface area contributed by atoms with Gasteiger partial charge in [0.2, 0.25) is 5.78 Å². The molecular formula is C18H22O2. The fraction of sp³-hybridized carbons (Fsp3) is 0.389. The summed E-state index contributed by atoms with van der Waals surface area (Å²) in [7, 11) is 0. The third-order valence-corrected chi connectivity index (χ3v) is 3.00. The number of phenolic OH excluding ortho intramolecular Hbond substituents is 1. The number of rotatable bonds is 3. The second kappa shape index (κ2) is 6.43. The summed E-state index contributed by atoms with van der Waals surface area (Å²) < 4.78 is 0. The molecule has 106 valence electrons. The van der Waals surface area contributed by atoms with Crippen LogP contribution in [-0.2, 0) is 11.8 Å². The maximum absolute atomic E-state index is 12.1. The summed E-state index contributed by atoms with van der Waals surface area (Å²) in [6.45, 7) is 11.6. The Hall–Kier alpha value is -2.01. The Balaban J connectivity index is 3.44. The van der Waals surface area contributed by atoms with Gasteiger partial charge in [0.1, 0.15) is 5.75 Å². The van der Waals surface area contributed by atoms with Crippen molar-refractivity contribution in [2.24, 2.45) is 0 Å². The Bertz CT molecular complexity index is 578. The number of benzene rings is 1. The maximum atomic E-state index is 12.1. The van der Waals surface area contributed by atoms with Gasteiger partial charge in [0, 0.05) is 17.5 Å². The molecule has 2 heteroatoms. The van der Waals surface area contributed by atoms with E-state index >= 15 is 0 Å². The first kappa shape index (κ1) is 16.0. The Morgan fingerprint density at radius 1 is 1.40 bits per heavy atom. The number of aromatic hydroxyl groups is 1. The lowest BCUT2D eigenvalue weighted by Gasteiger charge is -2.22. The van der Waals surface area contributed by atoms with Crippen molar-refractivity contribution in [3.63, 3.8) is 0 Å². The number of hydrogen-bond donors (Lipinski definition) is 1. The molecule has 2 nitrogen and oxygen atoms in total. The molecule has 0 atom stereocenters. The van der Waals surface area contributed by atoms with Crippen LogP contribution >= 0.6 is 0 Å². The first-order valence-corrected chi connectivity index (χ1v) is 6.81. The molecule has 0 saturated carbocycles. The smallest absolute Gasteiger partial charge is 0.235 e. The van der Waals surface area contributed by atoms with Crippen molar-refractivity contribution in [3.8, 4) is 17.6 Å². The fourth-order valence-corrected chi connectivity index (χ4v) is 1.95. The lowest BCUT2D eigenvalue weighted by atomic mass is 9.83. The summed E-state index contributed by atoms with van der Waals surface area (Å²) in [5, 5.41) is 10.3. The van der Waals surface area contributed by atoms with Crippen LogP contribution in [0.25, 0.3) is 0 Å². The molecule has 0 aliphatic heterocycles. The average molecular weight is 270 g/mol. The van der Waals surface area contributed by atoms with Crippen molar-refractivity contribution in [1.29, 1.82) is 0 Å². The van der Waals surface area contributed by atoms with Crippen molar-refractivity contribution >= 4 is 5.78 Å². The van der Waals surface area contributed by atoms with Gasteiger partial charge in [-0.25, -0.2) is 0 Å². The molecule has 0 fully saturated rings. The van der Waals surface area contributed by atoms with Gasteiger partial charge >= 0.3 is 0 Å². The normalized spacial score (nSPS) is 10.6. The van der Waals surface area contributed by atoms with Crippen LogP contribution in [0.15, 0.2) is 24.8 Å². The minimum Gasteiger partial charge on any atom is -0.507 e. The van der Waals surface area contributed by atoms with Crippen molar-refractivity contribution in [2.45, 2.75) is 46.0 Å².